The minimum absolute atomic E-state index is 0.100. The number of imidazole rings is 1. The third kappa shape index (κ3) is 3.70. The molecule has 0 N–H and O–H groups in total. The lowest BCUT2D eigenvalue weighted by Crippen LogP contribution is -2.28. The molecular weight excluding hydrogens is 444 g/mol. The van der Waals surface area contributed by atoms with Gasteiger partial charge in [0.2, 0.25) is 0 Å². The Kier molecular flexibility index (Phi) is 5.90. The molecule has 8 heteroatoms. The lowest BCUT2D eigenvalue weighted by molar-refractivity contribution is 0.187. The summed E-state index contributed by atoms with van der Waals surface area (Å²) in [5, 5.41) is 4.94. The number of fused-ring (bicyclic) bond motifs is 3. The number of nitrogens with zero attached hydrogens (tertiary/aromatic N) is 4. The molecule has 5 aromatic rings. The predicted octanol–water partition coefficient (Wildman–Crippen LogP) is 4.89. The summed E-state index contributed by atoms with van der Waals surface area (Å²) < 4.78 is 20.1. The number of pyridine rings is 1. The second-order valence-corrected chi connectivity index (χ2v) is 8.64. The van der Waals surface area contributed by atoms with Crippen molar-refractivity contribution in [1.29, 1.82) is 0 Å². The monoisotopic (exact) mass is 472 g/mol. The molecule has 1 unspecified atom stereocenters. The maximum absolute atomic E-state index is 13.7. The summed E-state index contributed by atoms with van der Waals surface area (Å²) in [6.45, 7) is 6.68. The van der Waals surface area contributed by atoms with E-state index in [0.717, 1.165) is 44.3 Å². The van der Waals surface area contributed by atoms with Crippen LogP contribution in [0.2, 0.25) is 0 Å². The Balaban J connectivity index is 1.85. The molecule has 35 heavy (non-hydrogen) atoms. The molecular formula is C27H28N4O4. The fourth-order valence-corrected chi connectivity index (χ4v) is 4.84. The van der Waals surface area contributed by atoms with Crippen molar-refractivity contribution in [3.63, 3.8) is 0 Å². The fraction of sp³-hybridized carbons (Fsp3) is 0.296. The minimum atomic E-state index is -0.186. The average Bonchev–Trinajstić information content (AvgIpc) is 3.36. The highest BCUT2D eigenvalue weighted by Gasteiger charge is 2.24. The van der Waals surface area contributed by atoms with Crippen LogP contribution < -0.4 is 10.4 Å². The second-order valence-electron chi connectivity index (χ2n) is 8.64. The van der Waals surface area contributed by atoms with Crippen molar-refractivity contribution in [2.45, 2.75) is 33.4 Å². The van der Waals surface area contributed by atoms with E-state index in [-0.39, 0.29) is 11.7 Å². The van der Waals surface area contributed by atoms with Crippen molar-refractivity contribution in [1.82, 2.24) is 19.3 Å². The van der Waals surface area contributed by atoms with Gasteiger partial charge in [-0.25, -0.2) is 4.79 Å². The standard InChI is InChI=1S/C27H28N4O4/c1-16-25(18(3)35-29-16)21-13-22-20(14-24(21)34-5)26-23(15-28-22)30(11-12-33-4)27(32)31(26)17(2)19-9-7-6-8-10-19/h6-10,13-15,17H,11-12H2,1-5H3. The number of rotatable bonds is 7. The van der Waals surface area contributed by atoms with E-state index in [0.29, 0.717) is 24.7 Å². The zero-order chi connectivity index (χ0) is 24.7. The van der Waals surface area contributed by atoms with E-state index in [2.05, 4.69) is 5.16 Å². The topological polar surface area (TPSA) is 84.3 Å². The first-order chi connectivity index (χ1) is 17.0. The van der Waals surface area contributed by atoms with Crippen molar-refractivity contribution in [3.8, 4) is 16.9 Å². The highest BCUT2D eigenvalue weighted by molar-refractivity contribution is 6.05. The van der Waals surface area contributed by atoms with Gasteiger partial charge in [-0.3, -0.25) is 14.1 Å². The van der Waals surface area contributed by atoms with Crippen LogP contribution in [0.4, 0.5) is 0 Å². The first kappa shape index (κ1) is 22.9. The molecule has 0 fully saturated rings. The number of methoxy groups -OCH3 is 2. The summed E-state index contributed by atoms with van der Waals surface area (Å²) in [7, 11) is 3.27. The summed E-state index contributed by atoms with van der Waals surface area (Å²) >= 11 is 0. The molecule has 0 aliphatic rings. The number of hydrogen-bond donors (Lipinski definition) is 0. The second kappa shape index (κ2) is 9.03. The van der Waals surface area contributed by atoms with Gasteiger partial charge < -0.3 is 14.0 Å². The van der Waals surface area contributed by atoms with E-state index in [1.165, 1.54) is 0 Å². The van der Waals surface area contributed by atoms with Crippen LogP contribution in [-0.2, 0) is 11.3 Å². The van der Waals surface area contributed by atoms with Crippen molar-refractivity contribution in [2.24, 2.45) is 0 Å². The molecule has 0 saturated heterocycles. The van der Waals surface area contributed by atoms with Gasteiger partial charge in [0.1, 0.15) is 11.5 Å². The third-order valence-corrected chi connectivity index (χ3v) is 6.60. The molecule has 0 radical (unpaired) electrons. The largest absolute Gasteiger partial charge is 0.496 e. The zero-order valence-corrected chi connectivity index (χ0v) is 20.5. The lowest BCUT2D eigenvalue weighted by atomic mass is 10.00. The van der Waals surface area contributed by atoms with Crippen LogP contribution in [0.3, 0.4) is 0 Å². The third-order valence-electron chi connectivity index (χ3n) is 6.60. The molecule has 1 atom stereocenters. The van der Waals surface area contributed by atoms with Crippen LogP contribution in [0.5, 0.6) is 5.75 Å². The Bertz CT molecular complexity index is 1560. The number of hydrogen-bond acceptors (Lipinski definition) is 6. The summed E-state index contributed by atoms with van der Waals surface area (Å²) in [4.78, 5) is 18.5. The molecule has 0 saturated carbocycles. The van der Waals surface area contributed by atoms with Gasteiger partial charge in [-0.2, -0.15) is 0 Å². The van der Waals surface area contributed by atoms with Crippen molar-refractivity contribution >= 4 is 21.9 Å². The van der Waals surface area contributed by atoms with Crippen LogP contribution in [0.15, 0.2) is 58.0 Å². The number of ether oxygens (including phenoxy) is 2. The van der Waals surface area contributed by atoms with Gasteiger partial charge in [-0.05, 0) is 38.5 Å². The molecule has 3 aromatic heterocycles. The number of aryl methyl sites for hydroxylation is 2. The summed E-state index contributed by atoms with van der Waals surface area (Å²) in [6.07, 6.45) is 1.77. The van der Waals surface area contributed by atoms with Crippen LogP contribution in [-0.4, -0.2) is 40.1 Å². The molecule has 180 valence electrons. The van der Waals surface area contributed by atoms with Gasteiger partial charge >= 0.3 is 5.69 Å². The van der Waals surface area contributed by atoms with Gasteiger partial charge in [0, 0.05) is 18.1 Å². The predicted molar refractivity (Wildman–Crippen MR) is 135 cm³/mol. The van der Waals surface area contributed by atoms with Crippen molar-refractivity contribution in [2.75, 3.05) is 20.8 Å². The Morgan fingerprint density at radius 2 is 1.89 bits per heavy atom. The summed E-state index contributed by atoms with van der Waals surface area (Å²) in [5.74, 6) is 1.37. The molecule has 0 amide bonds. The van der Waals surface area contributed by atoms with E-state index in [1.807, 2.05) is 67.8 Å². The molecule has 2 aromatic carbocycles. The Morgan fingerprint density at radius 1 is 1.11 bits per heavy atom. The fourth-order valence-electron chi connectivity index (χ4n) is 4.84. The maximum Gasteiger partial charge on any atom is 0.329 e. The van der Waals surface area contributed by atoms with Crippen LogP contribution >= 0.6 is 0 Å². The molecule has 5 rings (SSSR count). The van der Waals surface area contributed by atoms with Crippen LogP contribution in [0.25, 0.3) is 33.1 Å². The van der Waals surface area contributed by atoms with Gasteiger partial charge in [-0.15, -0.1) is 0 Å². The SMILES string of the molecule is COCCn1c(=O)n(C(C)c2ccccc2)c2c3cc(OC)c(-c4c(C)noc4C)cc3ncc21. The Hall–Kier alpha value is -3.91. The van der Waals surface area contributed by atoms with Gasteiger partial charge in [0.05, 0.1) is 60.3 Å². The van der Waals surface area contributed by atoms with E-state index in [4.69, 9.17) is 19.0 Å². The molecule has 0 bridgehead atoms. The molecule has 0 aliphatic carbocycles. The Labute approximate surface area is 202 Å². The van der Waals surface area contributed by atoms with Crippen molar-refractivity contribution < 1.29 is 14.0 Å². The average molecular weight is 473 g/mol. The van der Waals surface area contributed by atoms with Crippen molar-refractivity contribution in [3.05, 3.63) is 76.2 Å². The maximum atomic E-state index is 13.7. The van der Waals surface area contributed by atoms with E-state index in [9.17, 15) is 4.79 Å². The van der Waals surface area contributed by atoms with Gasteiger partial charge in [-0.1, -0.05) is 35.5 Å². The molecule has 8 nitrogen and oxygen atoms in total. The van der Waals surface area contributed by atoms with Gasteiger partial charge in [0.15, 0.2) is 0 Å². The molecule has 3 heterocycles. The van der Waals surface area contributed by atoms with Gasteiger partial charge in [0.25, 0.3) is 0 Å². The molecule has 0 spiro atoms. The first-order valence-corrected chi connectivity index (χ1v) is 11.5. The lowest BCUT2D eigenvalue weighted by Gasteiger charge is -2.16. The quantitative estimate of drug-likeness (QED) is 0.335. The summed E-state index contributed by atoms with van der Waals surface area (Å²) in [6, 6.07) is 13.8. The number of aromatic nitrogens is 4. The highest BCUT2D eigenvalue weighted by atomic mass is 16.5. The normalized spacial score (nSPS) is 12.5. The highest BCUT2D eigenvalue weighted by Crippen LogP contribution is 2.39. The minimum Gasteiger partial charge on any atom is -0.496 e. The summed E-state index contributed by atoms with van der Waals surface area (Å²) in [5.41, 5.74) is 5.80. The first-order valence-electron chi connectivity index (χ1n) is 11.5. The Morgan fingerprint density at radius 3 is 2.54 bits per heavy atom. The van der Waals surface area contributed by atoms with E-state index in [1.54, 1.807) is 25.0 Å². The van der Waals surface area contributed by atoms with Crippen LogP contribution in [0.1, 0.15) is 30.0 Å². The van der Waals surface area contributed by atoms with E-state index < -0.39 is 0 Å². The zero-order valence-electron chi connectivity index (χ0n) is 20.5. The number of benzene rings is 2. The van der Waals surface area contributed by atoms with E-state index >= 15 is 0 Å². The smallest absolute Gasteiger partial charge is 0.329 e. The molecule has 0 aliphatic heterocycles. The van der Waals surface area contributed by atoms with Crippen LogP contribution in [0, 0.1) is 13.8 Å².